The van der Waals surface area contributed by atoms with Crippen molar-refractivity contribution in [1.82, 2.24) is 0 Å². The summed E-state index contributed by atoms with van der Waals surface area (Å²) in [5, 5.41) is 9.16. The first-order valence-corrected chi connectivity index (χ1v) is 7.50. The van der Waals surface area contributed by atoms with Gasteiger partial charge >= 0.3 is 0 Å². The predicted molar refractivity (Wildman–Crippen MR) is 74.3 cm³/mol. The van der Waals surface area contributed by atoms with Crippen molar-refractivity contribution in [1.29, 1.82) is 0 Å². The van der Waals surface area contributed by atoms with Crippen LogP contribution in [0.2, 0.25) is 0 Å². The van der Waals surface area contributed by atoms with Gasteiger partial charge in [0.05, 0.1) is 17.2 Å². The average Bonchev–Trinajstić information content (AvgIpc) is 2.42. The molecule has 0 saturated heterocycles. The number of aryl methyl sites for hydroxylation is 1. The molecule has 2 rings (SSSR count). The fraction of sp³-hybridized carbons (Fsp3) is 0.143. The Bertz CT molecular complexity index is 776. The van der Waals surface area contributed by atoms with Crippen molar-refractivity contribution in [2.75, 3.05) is 4.72 Å². The Morgan fingerprint density at radius 1 is 1.14 bits per heavy atom. The second-order valence-corrected chi connectivity index (χ2v) is 6.16. The summed E-state index contributed by atoms with van der Waals surface area (Å²) in [6.45, 7) is 1.43. The lowest BCUT2D eigenvalue weighted by molar-refractivity contribution is 0.281. The van der Waals surface area contributed by atoms with E-state index in [1.165, 1.54) is 12.1 Å². The summed E-state index contributed by atoms with van der Waals surface area (Å²) in [7, 11) is -4.02. The highest BCUT2D eigenvalue weighted by Gasteiger charge is 2.17. The zero-order valence-electron chi connectivity index (χ0n) is 11.1. The Balaban J connectivity index is 2.38. The summed E-state index contributed by atoms with van der Waals surface area (Å²) in [6, 6.07) is 6.74. The van der Waals surface area contributed by atoms with Gasteiger partial charge < -0.3 is 5.11 Å². The largest absolute Gasteiger partial charge is 0.392 e. The number of hydrogen-bond donors (Lipinski definition) is 2. The fourth-order valence-corrected chi connectivity index (χ4v) is 2.88. The number of benzene rings is 2. The van der Waals surface area contributed by atoms with Crippen LogP contribution >= 0.6 is 0 Å². The third kappa shape index (κ3) is 3.37. The van der Waals surface area contributed by atoms with E-state index in [9.17, 15) is 17.2 Å². The maximum atomic E-state index is 13.5. The maximum Gasteiger partial charge on any atom is 0.261 e. The first-order chi connectivity index (χ1) is 9.83. The summed E-state index contributed by atoms with van der Waals surface area (Å²) >= 11 is 0. The number of aliphatic hydroxyl groups is 1. The summed E-state index contributed by atoms with van der Waals surface area (Å²) in [6.07, 6.45) is 0. The number of aliphatic hydroxyl groups excluding tert-OH is 1. The van der Waals surface area contributed by atoms with E-state index in [1.807, 2.05) is 4.72 Å². The van der Waals surface area contributed by atoms with E-state index in [1.54, 1.807) is 13.0 Å². The Morgan fingerprint density at radius 3 is 2.48 bits per heavy atom. The lowest BCUT2D eigenvalue weighted by Gasteiger charge is -2.11. The van der Waals surface area contributed by atoms with Gasteiger partial charge in [-0.15, -0.1) is 0 Å². The zero-order chi connectivity index (χ0) is 15.6. The molecular weight excluding hydrogens is 300 g/mol. The molecule has 0 spiro atoms. The highest BCUT2D eigenvalue weighted by atomic mass is 32.2. The minimum Gasteiger partial charge on any atom is -0.392 e. The number of nitrogens with one attached hydrogen (secondary N) is 1. The number of sulfonamides is 1. The minimum atomic E-state index is -4.02. The molecule has 0 amide bonds. The number of halogens is 2. The standard InChI is InChI=1S/C14H13F2NO3S/c1-9-2-4-12(6-10(9)8-18)21(19,20)17-14-5-3-11(15)7-13(14)16/h2-7,17-18H,8H2,1H3. The third-order valence-corrected chi connectivity index (χ3v) is 4.34. The van der Waals surface area contributed by atoms with Gasteiger partial charge in [0.25, 0.3) is 10.0 Å². The number of rotatable bonds is 4. The van der Waals surface area contributed by atoms with Gasteiger partial charge in [0, 0.05) is 6.07 Å². The maximum absolute atomic E-state index is 13.5. The summed E-state index contributed by atoms with van der Waals surface area (Å²) in [4.78, 5) is -0.110. The van der Waals surface area contributed by atoms with Crippen LogP contribution in [0, 0.1) is 18.6 Å². The molecule has 0 radical (unpaired) electrons. The molecule has 0 bridgehead atoms. The number of anilines is 1. The van der Waals surface area contributed by atoms with E-state index in [0.29, 0.717) is 11.6 Å². The van der Waals surface area contributed by atoms with Gasteiger partial charge in [-0.05, 0) is 42.3 Å². The molecule has 0 aliphatic carbocycles. The summed E-state index contributed by atoms with van der Waals surface area (Å²) in [5.41, 5.74) is 0.851. The smallest absolute Gasteiger partial charge is 0.261 e. The molecule has 4 nitrogen and oxygen atoms in total. The van der Waals surface area contributed by atoms with Crippen molar-refractivity contribution in [3.8, 4) is 0 Å². The second kappa shape index (κ2) is 5.79. The molecule has 112 valence electrons. The van der Waals surface area contributed by atoms with Crippen LogP contribution in [0.4, 0.5) is 14.5 Å². The first-order valence-electron chi connectivity index (χ1n) is 6.02. The molecule has 0 saturated carbocycles. The second-order valence-electron chi connectivity index (χ2n) is 4.48. The van der Waals surface area contributed by atoms with Crippen LogP contribution < -0.4 is 4.72 Å². The van der Waals surface area contributed by atoms with E-state index in [0.717, 1.165) is 17.7 Å². The molecular formula is C14H13F2NO3S. The molecule has 2 aromatic rings. The van der Waals surface area contributed by atoms with Crippen molar-refractivity contribution in [2.45, 2.75) is 18.4 Å². The van der Waals surface area contributed by atoms with Crippen LogP contribution in [0.25, 0.3) is 0 Å². The van der Waals surface area contributed by atoms with Crippen LogP contribution in [0.15, 0.2) is 41.3 Å². The molecule has 0 atom stereocenters. The summed E-state index contributed by atoms with van der Waals surface area (Å²) in [5.74, 6) is -1.80. The van der Waals surface area contributed by atoms with Crippen molar-refractivity contribution in [2.24, 2.45) is 0 Å². The van der Waals surface area contributed by atoms with Crippen molar-refractivity contribution < 1.29 is 22.3 Å². The van der Waals surface area contributed by atoms with Gasteiger partial charge in [-0.3, -0.25) is 4.72 Å². The quantitative estimate of drug-likeness (QED) is 0.911. The molecule has 0 fully saturated rings. The molecule has 2 aromatic carbocycles. The monoisotopic (exact) mass is 313 g/mol. The Morgan fingerprint density at radius 2 is 1.86 bits per heavy atom. The van der Waals surface area contributed by atoms with Crippen molar-refractivity contribution >= 4 is 15.7 Å². The van der Waals surface area contributed by atoms with Gasteiger partial charge in [0.15, 0.2) is 0 Å². The summed E-state index contributed by atoms with van der Waals surface area (Å²) < 4.78 is 52.7. The molecule has 7 heteroatoms. The first kappa shape index (κ1) is 15.4. The van der Waals surface area contributed by atoms with Crippen LogP contribution in [0.5, 0.6) is 0 Å². The molecule has 0 aliphatic heterocycles. The molecule has 0 heterocycles. The van der Waals surface area contributed by atoms with E-state index in [-0.39, 0.29) is 17.2 Å². The van der Waals surface area contributed by atoms with Crippen LogP contribution in [0.3, 0.4) is 0 Å². The topological polar surface area (TPSA) is 66.4 Å². The van der Waals surface area contributed by atoms with Gasteiger partial charge in [0.1, 0.15) is 11.6 Å². The van der Waals surface area contributed by atoms with Crippen molar-refractivity contribution in [3.05, 3.63) is 59.2 Å². The van der Waals surface area contributed by atoms with E-state index in [4.69, 9.17) is 5.11 Å². The molecule has 2 N–H and O–H groups in total. The predicted octanol–water partition coefficient (Wildman–Crippen LogP) is 2.57. The normalized spacial score (nSPS) is 11.4. The molecule has 0 aromatic heterocycles. The highest BCUT2D eigenvalue weighted by molar-refractivity contribution is 7.92. The van der Waals surface area contributed by atoms with Crippen molar-refractivity contribution in [3.63, 3.8) is 0 Å². The van der Waals surface area contributed by atoms with Crippen LogP contribution in [-0.2, 0) is 16.6 Å². The van der Waals surface area contributed by atoms with E-state index < -0.39 is 21.7 Å². The minimum absolute atomic E-state index is 0.110. The van der Waals surface area contributed by atoms with Gasteiger partial charge in [-0.25, -0.2) is 17.2 Å². The lowest BCUT2D eigenvalue weighted by atomic mass is 10.1. The zero-order valence-corrected chi connectivity index (χ0v) is 11.9. The van der Waals surface area contributed by atoms with Gasteiger partial charge in [-0.2, -0.15) is 0 Å². The highest BCUT2D eigenvalue weighted by Crippen LogP contribution is 2.21. The Kier molecular flexibility index (Phi) is 4.24. The molecule has 21 heavy (non-hydrogen) atoms. The lowest BCUT2D eigenvalue weighted by Crippen LogP contribution is -2.14. The SMILES string of the molecule is Cc1ccc(S(=O)(=O)Nc2ccc(F)cc2F)cc1CO. The van der Waals surface area contributed by atoms with Gasteiger partial charge in [0.2, 0.25) is 0 Å². The Hall–Kier alpha value is -1.99. The average molecular weight is 313 g/mol. The molecule has 0 aliphatic rings. The van der Waals surface area contributed by atoms with E-state index in [2.05, 4.69) is 0 Å². The van der Waals surface area contributed by atoms with Crippen LogP contribution in [-0.4, -0.2) is 13.5 Å². The Labute approximate surface area is 121 Å². The fourth-order valence-electron chi connectivity index (χ4n) is 1.76. The van der Waals surface area contributed by atoms with E-state index >= 15 is 0 Å². The van der Waals surface area contributed by atoms with Gasteiger partial charge in [-0.1, -0.05) is 6.07 Å². The number of hydrogen-bond acceptors (Lipinski definition) is 3. The molecule has 0 unspecified atom stereocenters. The third-order valence-electron chi connectivity index (χ3n) is 2.98. The van der Waals surface area contributed by atoms with Crippen LogP contribution in [0.1, 0.15) is 11.1 Å².